The van der Waals surface area contributed by atoms with E-state index in [1.165, 1.54) is 13.3 Å². The summed E-state index contributed by atoms with van der Waals surface area (Å²) in [5.41, 5.74) is 3.03. The molecule has 0 aromatic carbocycles. The normalized spacial score (nSPS) is 27.8. The second-order valence-electron chi connectivity index (χ2n) is 9.08. The molecule has 2 saturated heterocycles. The highest BCUT2D eigenvalue weighted by Crippen LogP contribution is 2.52. The van der Waals surface area contributed by atoms with Crippen LogP contribution in [0.25, 0.3) is 0 Å². The molecule has 2 aliphatic heterocycles. The van der Waals surface area contributed by atoms with Gasteiger partial charge in [0.2, 0.25) is 5.91 Å². The molecule has 0 aliphatic carbocycles. The minimum atomic E-state index is -3.93. The van der Waals surface area contributed by atoms with Crippen LogP contribution in [0, 0.1) is 17.8 Å². The highest BCUT2D eigenvalue weighted by atomic mass is 31.2. The number of aromatic amines is 1. The molecule has 1 aromatic heterocycles. The summed E-state index contributed by atoms with van der Waals surface area (Å²) in [6, 6.07) is -0.663. The van der Waals surface area contributed by atoms with Gasteiger partial charge in [-0.2, -0.15) is 0 Å². The van der Waals surface area contributed by atoms with Crippen LogP contribution in [-0.4, -0.2) is 77.7 Å². The second kappa shape index (κ2) is 10.8. The Morgan fingerprint density at radius 3 is 2.83 bits per heavy atom. The lowest BCUT2D eigenvalue weighted by molar-refractivity contribution is -0.190. The van der Waals surface area contributed by atoms with Gasteiger partial charge in [-0.3, -0.25) is 28.2 Å². The number of amides is 1. The van der Waals surface area contributed by atoms with Crippen molar-refractivity contribution in [2.75, 3.05) is 33.5 Å². The number of hydrogen-bond donors (Lipinski definition) is 4. The van der Waals surface area contributed by atoms with E-state index in [-0.39, 0.29) is 37.1 Å². The molecule has 2 unspecified atom stereocenters. The van der Waals surface area contributed by atoms with Crippen molar-refractivity contribution in [2.24, 2.45) is 11.7 Å². The van der Waals surface area contributed by atoms with Gasteiger partial charge in [0.05, 0.1) is 25.8 Å². The van der Waals surface area contributed by atoms with E-state index in [4.69, 9.17) is 24.5 Å². The Bertz CT molecular complexity index is 1160. The first-order valence-electron chi connectivity index (χ1n) is 11.0. The van der Waals surface area contributed by atoms with Gasteiger partial charge in [-0.1, -0.05) is 25.7 Å². The highest BCUT2D eigenvalue weighted by Gasteiger charge is 2.64. The second-order valence-corrected chi connectivity index (χ2v) is 10.9. The van der Waals surface area contributed by atoms with Crippen molar-refractivity contribution in [2.45, 2.75) is 50.3 Å². The lowest BCUT2D eigenvalue weighted by atomic mass is 10.0. The van der Waals surface area contributed by atoms with Crippen molar-refractivity contribution in [1.29, 1.82) is 0 Å². The molecule has 1 aromatic rings. The van der Waals surface area contributed by atoms with Crippen molar-refractivity contribution >= 4 is 13.5 Å². The lowest BCUT2D eigenvalue weighted by Gasteiger charge is -2.31. The van der Waals surface area contributed by atoms with E-state index in [2.05, 4.69) is 22.1 Å². The van der Waals surface area contributed by atoms with Gasteiger partial charge in [0.1, 0.15) is 23.4 Å². The summed E-state index contributed by atoms with van der Waals surface area (Å²) in [6.45, 7) is 4.90. The van der Waals surface area contributed by atoms with E-state index in [0.29, 0.717) is 6.42 Å². The standard InChI is InChI=1S/C21H31N4O9P/c1-12(2)8-14(22)18(27)23-7-5-6-13-9-25(20(28)24-17(13)26)19-15-16(34-35(4,29)30)21(33-19,10-31-3)11-32-15/h9,12,14-16,19H,7-8,10-11,22H2,1-4H3,(H,23,27)(H,29,30)(H,24,26,28)/t14-,15?,16+,19+,21-/m0/s1. The summed E-state index contributed by atoms with van der Waals surface area (Å²) < 4.78 is 35.3. The molecule has 6 atom stereocenters. The van der Waals surface area contributed by atoms with Gasteiger partial charge in [-0.15, -0.1) is 0 Å². The summed E-state index contributed by atoms with van der Waals surface area (Å²) in [5, 5.41) is 2.58. The number of carbonyl (C=O) groups is 1. The Morgan fingerprint density at radius 1 is 1.49 bits per heavy atom. The summed E-state index contributed by atoms with van der Waals surface area (Å²) in [5.74, 6) is 5.18. The van der Waals surface area contributed by atoms with Gasteiger partial charge in [0.15, 0.2) is 6.23 Å². The van der Waals surface area contributed by atoms with E-state index in [1.807, 2.05) is 13.8 Å². The van der Waals surface area contributed by atoms with Crippen LogP contribution in [0.5, 0.6) is 0 Å². The number of methoxy groups -OCH3 is 1. The van der Waals surface area contributed by atoms with Crippen LogP contribution in [0.1, 0.15) is 32.1 Å². The van der Waals surface area contributed by atoms with Gasteiger partial charge in [0.25, 0.3) is 5.56 Å². The Labute approximate surface area is 201 Å². The van der Waals surface area contributed by atoms with Gasteiger partial charge in [-0.05, 0) is 12.3 Å². The molecule has 14 heteroatoms. The van der Waals surface area contributed by atoms with Gasteiger partial charge in [0, 0.05) is 20.0 Å². The molecule has 13 nitrogen and oxygen atoms in total. The number of rotatable bonds is 9. The van der Waals surface area contributed by atoms with Crippen molar-refractivity contribution in [1.82, 2.24) is 14.9 Å². The van der Waals surface area contributed by atoms with E-state index in [9.17, 15) is 23.8 Å². The average Bonchev–Trinajstić information content (AvgIpc) is 3.21. The summed E-state index contributed by atoms with van der Waals surface area (Å²) in [4.78, 5) is 48.8. The van der Waals surface area contributed by atoms with Crippen molar-refractivity contribution in [3.05, 3.63) is 32.6 Å². The molecule has 3 heterocycles. The van der Waals surface area contributed by atoms with Crippen LogP contribution >= 0.6 is 7.60 Å². The summed E-state index contributed by atoms with van der Waals surface area (Å²) in [6.07, 6.45) is -1.26. The Balaban J connectivity index is 1.81. The molecule has 2 bridgehead atoms. The molecule has 0 spiro atoms. The van der Waals surface area contributed by atoms with Gasteiger partial charge in [-0.25, -0.2) is 4.79 Å². The van der Waals surface area contributed by atoms with Crippen molar-refractivity contribution in [3.8, 4) is 11.8 Å². The molecule has 2 fully saturated rings. The zero-order valence-electron chi connectivity index (χ0n) is 20.0. The quantitative estimate of drug-likeness (QED) is 0.233. The number of H-pyrrole nitrogens is 1. The molecule has 3 rings (SSSR count). The Kier molecular flexibility index (Phi) is 8.39. The third kappa shape index (κ3) is 6.29. The number of hydrogen-bond acceptors (Lipinski definition) is 9. The number of nitrogens with two attached hydrogens (primary N) is 1. The predicted molar refractivity (Wildman–Crippen MR) is 124 cm³/mol. The monoisotopic (exact) mass is 514 g/mol. The van der Waals surface area contributed by atoms with Crippen molar-refractivity contribution in [3.63, 3.8) is 0 Å². The van der Waals surface area contributed by atoms with E-state index < -0.39 is 48.9 Å². The minimum absolute atomic E-state index is 0.0198. The maximum atomic E-state index is 12.6. The third-order valence-electron chi connectivity index (χ3n) is 5.55. The molecule has 0 saturated carbocycles. The molecule has 0 radical (unpaired) electrons. The van der Waals surface area contributed by atoms with Crippen LogP contribution in [0.2, 0.25) is 0 Å². The topological polar surface area (TPSA) is 184 Å². The number of nitrogens with zero attached hydrogens (tertiary/aromatic N) is 1. The lowest BCUT2D eigenvalue weighted by Crippen LogP contribution is -2.46. The van der Waals surface area contributed by atoms with Crippen LogP contribution in [0.3, 0.4) is 0 Å². The zero-order valence-corrected chi connectivity index (χ0v) is 20.9. The molecular formula is C21H31N4O9P. The number of fused-ring (bicyclic) bond motifs is 2. The first-order chi connectivity index (χ1) is 16.4. The number of aromatic nitrogens is 2. The fourth-order valence-electron chi connectivity index (χ4n) is 4.11. The van der Waals surface area contributed by atoms with E-state index in [0.717, 1.165) is 11.2 Å². The van der Waals surface area contributed by atoms with Crippen LogP contribution < -0.4 is 22.3 Å². The third-order valence-corrected chi connectivity index (χ3v) is 6.17. The first-order valence-corrected chi connectivity index (χ1v) is 13.0. The summed E-state index contributed by atoms with van der Waals surface area (Å²) in [7, 11) is -2.51. The molecule has 2 aliphatic rings. The first kappa shape index (κ1) is 27.3. The molecule has 5 N–H and O–H groups in total. The summed E-state index contributed by atoms with van der Waals surface area (Å²) >= 11 is 0. The maximum Gasteiger partial charge on any atom is 0.330 e. The Hall–Kier alpha value is -2.30. The SMILES string of the molecule is COC[C@@]12COC([C@H](n3cc(C#CCNC(=O)[C@@H](N)CC(C)C)c(=O)[nH]c3=O)O1)[C@H]2OP(C)(=O)O. The molecular weight excluding hydrogens is 483 g/mol. The number of ether oxygens (including phenoxy) is 3. The van der Waals surface area contributed by atoms with Crippen molar-refractivity contribution < 1.29 is 33.0 Å². The molecule has 1 amide bonds. The number of nitrogens with one attached hydrogen (secondary N) is 2. The number of carbonyl (C=O) groups excluding carboxylic acids is 1. The molecule has 35 heavy (non-hydrogen) atoms. The maximum absolute atomic E-state index is 12.6. The molecule has 194 valence electrons. The largest absolute Gasteiger partial charge is 0.381 e. The highest BCUT2D eigenvalue weighted by molar-refractivity contribution is 7.51. The minimum Gasteiger partial charge on any atom is -0.381 e. The Morgan fingerprint density at radius 2 is 2.20 bits per heavy atom. The zero-order chi connectivity index (χ0) is 26.0. The average molecular weight is 514 g/mol. The van der Waals surface area contributed by atoms with Crippen LogP contribution in [0.4, 0.5) is 0 Å². The van der Waals surface area contributed by atoms with Crippen LogP contribution in [-0.2, 0) is 28.1 Å². The fourth-order valence-corrected chi connectivity index (χ4v) is 4.84. The predicted octanol–water partition coefficient (Wildman–Crippen LogP) is -1.11. The fraction of sp³-hybridized carbons (Fsp3) is 0.667. The van der Waals surface area contributed by atoms with E-state index >= 15 is 0 Å². The van der Waals surface area contributed by atoms with E-state index in [1.54, 1.807) is 0 Å². The van der Waals surface area contributed by atoms with Gasteiger partial charge < -0.3 is 30.2 Å². The smallest absolute Gasteiger partial charge is 0.330 e. The van der Waals surface area contributed by atoms with Crippen LogP contribution in [0.15, 0.2) is 15.8 Å². The van der Waals surface area contributed by atoms with Gasteiger partial charge >= 0.3 is 13.3 Å².